The molecule has 0 aromatic heterocycles. The Labute approximate surface area is 181 Å². The molecule has 0 radical (unpaired) electrons. The van der Waals surface area contributed by atoms with E-state index >= 15 is 0 Å². The third kappa shape index (κ3) is 3.32. The van der Waals surface area contributed by atoms with Gasteiger partial charge in [-0.2, -0.15) is 0 Å². The third-order valence-corrected chi connectivity index (χ3v) is 6.64. The molecule has 3 aromatic rings. The Morgan fingerprint density at radius 1 is 0.645 bits per heavy atom. The van der Waals surface area contributed by atoms with Gasteiger partial charge in [0.05, 0.1) is 11.1 Å². The average Bonchev–Trinajstić information content (AvgIpc) is 3.31. The molecule has 0 aliphatic heterocycles. The normalized spacial score (nSPS) is 23.3. The second kappa shape index (κ2) is 7.69. The van der Waals surface area contributed by atoms with Crippen LogP contribution in [-0.4, -0.2) is 24.1 Å². The van der Waals surface area contributed by atoms with E-state index in [0.717, 1.165) is 17.5 Å². The zero-order chi connectivity index (χ0) is 21.5. The van der Waals surface area contributed by atoms with Crippen LogP contribution < -0.4 is 0 Å². The SMILES string of the molecule is Cc1ccccc1C(=O)OC1C2CC(c3ccccc32)C1OC(=O)c1ccccc1C. The summed E-state index contributed by atoms with van der Waals surface area (Å²) in [6.07, 6.45) is -0.184. The van der Waals surface area contributed by atoms with Gasteiger partial charge in [-0.1, -0.05) is 60.7 Å². The number of benzene rings is 3. The zero-order valence-electron chi connectivity index (χ0n) is 17.6. The Morgan fingerprint density at radius 2 is 1.03 bits per heavy atom. The molecule has 0 spiro atoms. The standard InChI is InChI=1S/C27H24O4/c1-16-9-3-5-11-18(16)26(28)30-24-22-15-23(21-14-8-7-13-20(21)22)25(24)31-27(29)19-12-6-4-10-17(19)2/h3-14,22-25H,15H2,1-2H3. The summed E-state index contributed by atoms with van der Waals surface area (Å²) in [6, 6.07) is 23.0. The zero-order valence-corrected chi connectivity index (χ0v) is 17.6. The van der Waals surface area contributed by atoms with Crippen LogP contribution in [0.25, 0.3) is 0 Å². The number of fused-ring (bicyclic) bond motifs is 5. The van der Waals surface area contributed by atoms with Crippen molar-refractivity contribution >= 4 is 11.9 Å². The fraction of sp³-hybridized carbons (Fsp3) is 0.259. The molecule has 0 amide bonds. The Morgan fingerprint density at radius 3 is 1.45 bits per heavy atom. The number of esters is 2. The maximum absolute atomic E-state index is 13.0. The first-order valence-corrected chi connectivity index (χ1v) is 10.7. The number of hydrogen-bond donors (Lipinski definition) is 0. The van der Waals surface area contributed by atoms with Gasteiger partial charge < -0.3 is 9.47 Å². The van der Waals surface area contributed by atoms with E-state index in [1.807, 2.05) is 62.4 Å². The van der Waals surface area contributed by atoms with Gasteiger partial charge in [0, 0.05) is 11.8 Å². The van der Waals surface area contributed by atoms with Crippen LogP contribution >= 0.6 is 0 Å². The predicted molar refractivity (Wildman–Crippen MR) is 117 cm³/mol. The molecule has 0 heterocycles. The van der Waals surface area contributed by atoms with Gasteiger partial charge in [-0.25, -0.2) is 9.59 Å². The fourth-order valence-corrected chi connectivity index (χ4v) is 5.07. The van der Waals surface area contributed by atoms with Crippen molar-refractivity contribution in [1.29, 1.82) is 0 Å². The quantitative estimate of drug-likeness (QED) is 0.543. The van der Waals surface area contributed by atoms with Gasteiger partial charge in [-0.3, -0.25) is 0 Å². The summed E-state index contributed by atoms with van der Waals surface area (Å²) in [4.78, 5) is 26.0. The summed E-state index contributed by atoms with van der Waals surface area (Å²) in [5.41, 5.74) is 5.20. The molecule has 5 rings (SSSR count). The highest BCUT2D eigenvalue weighted by atomic mass is 16.6. The molecule has 0 N–H and O–H groups in total. The Kier molecular flexibility index (Phi) is 4.85. The van der Waals surface area contributed by atoms with Crippen molar-refractivity contribution in [3.05, 3.63) is 106 Å². The maximum Gasteiger partial charge on any atom is 0.338 e. The molecule has 1 fully saturated rings. The molecule has 4 atom stereocenters. The van der Waals surface area contributed by atoms with Crippen LogP contribution in [0.5, 0.6) is 0 Å². The van der Waals surface area contributed by atoms with Crippen molar-refractivity contribution in [1.82, 2.24) is 0 Å². The van der Waals surface area contributed by atoms with Gasteiger partial charge in [0.2, 0.25) is 0 Å². The molecule has 4 unspecified atom stereocenters. The van der Waals surface area contributed by atoms with E-state index in [2.05, 4.69) is 12.1 Å². The molecule has 2 aliphatic carbocycles. The number of carbonyl (C=O) groups is 2. The van der Waals surface area contributed by atoms with Crippen LogP contribution in [0.4, 0.5) is 0 Å². The minimum absolute atomic E-state index is 0.0313. The van der Waals surface area contributed by atoms with Crippen molar-refractivity contribution in [2.75, 3.05) is 0 Å². The smallest absolute Gasteiger partial charge is 0.338 e. The summed E-state index contributed by atoms with van der Waals surface area (Å²) in [7, 11) is 0. The molecule has 4 nitrogen and oxygen atoms in total. The van der Waals surface area contributed by atoms with E-state index in [1.165, 1.54) is 11.1 Å². The largest absolute Gasteiger partial charge is 0.454 e. The highest BCUT2D eigenvalue weighted by Crippen LogP contribution is 2.55. The highest BCUT2D eigenvalue weighted by molar-refractivity contribution is 5.92. The lowest BCUT2D eigenvalue weighted by atomic mass is 9.87. The van der Waals surface area contributed by atoms with Crippen LogP contribution in [0.15, 0.2) is 72.8 Å². The lowest BCUT2D eigenvalue weighted by Gasteiger charge is -2.32. The van der Waals surface area contributed by atoms with Crippen LogP contribution in [0.3, 0.4) is 0 Å². The van der Waals surface area contributed by atoms with E-state index < -0.39 is 12.2 Å². The summed E-state index contributed by atoms with van der Waals surface area (Å²) < 4.78 is 12.1. The predicted octanol–water partition coefficient (Wildman–Crippen LogP) is 5.34. The summed E-state index contributed by atoms with van der Waals surface area (Å²) in [5.74, 6) is -0.678. The molecule has 1 saturated carbocycles. The lowest BCUT2D eigenvalue weighted by Crippen LogP contribution is -2.39. The van der Waals surface area contributed by atoms with Crippen molar-refractivity contribution in [3.63, 3.8) is 0 Å². The third-order valence-electron chi connectivity index (χ3n) is 6.64. The van der Waals surface area contributed by atoms with Crippen LogP contribution in [0.1, 0.15) is 61.2 Å². The number of aryl methyl sites for hydroxylation is 2. The number of hydrogen-bond acceptors (Lipinski definition) is 4. The molecule has 156 valence electrons. The molecule has 31 heavy (non-hydrogen) atoms. The van der Waals surface area contributed by atoms with Gasteiger partial charge in [0.15, 0.2) is 0 Å². The van der Waals surface area contributed by atoms with Gasteiger partial charge in [-0.15, -0.1) is 0 Å². The molecular weight excluding hydrogens is 388 g/mol. The van der Waals surface area contributed by atoms with E-state index in [1.54, 1.807) is 12.1 Å². The van der Waals surface area contributed by atoms with Gasteiger partial charge >= 0.3 is 11.9 Å². The van der Waals surface area contributed by atoms with Crippen LogP contribution in [-0.2, 0) is 9.47 Å². The molecule has 4 heteroatoms. The van der Waals surface area contributed by atoms with E-state index in [-0.39, 0.29) is 23.8 Å². The highest BCUT2D eigenvalue weighted by Gasteiger charge is 2.55. The maximum atomic E-state index is 13.0. The summed E-state index contributed by atoms with van der Waals surface area (Å²) in [6.45, 7) is 3.78. The minimum Gasteiger partial charge on any atom is -0.454 e. The van der Waals surface area contributed by atoms with Crippen LogP contribution in [0.2, 0.25) is 0 Å². The first-order chi connectivity index (χ1) is 15.0. The molecule has 2 bridgehead atoms. The fourth-order valence-electron chi connectivity index (χ4n) is 5.07. The molecule has 0 saturated heterocycles. The van der Waals surface area contributed by atoms with E-state index in [4.69, 9.17) is 9.47 Å². The number of carbonyl (C=O) groups excluding carboxylic acids is 2. The second-order valence-corrected chi connectivity index (χ2v) is 8.45. The van der Waals surface area contributed by atoms with Crippen molar-refractivity contribution in [2.24, 2.45) is 0 Å². The Balaban J connectivity index is 1.46. The summed E-state index contributed by atoms with van der Waals surface area (Å²) >= 11 is 0. The number of ether oxygens (including phenoxy) is 2. The van der Waals surface area contributed by atoms with Crippen molar-refractivity contribution in [2.45, 2.75) is 44.3 Å². The topological polar surface area (TPSA) is 52.6 Å². The van der Waals surface area contributed by atoms with Gasteiger partial charge in [0.25, 0.3) is 0 Å². The molecule has 3 aromatic carbocycles. The second-order valence-electron chi connectivity index (χ2n) is 8.45. The van der Waals surface area contributed by atoms with Gasteiger partial charge in [-0.05, 0) is 54.7 Å². The van der Waals surface area contributed by atoms with Crippen molar-refractivity contribution in [3.8, 4) is 0 Å². The first kappa shape index (κ1) is 19.6. The first-order valence-electron chi connectivity index (χ1n) is 10.7. The average molecular weight is 412 g/mol. The Hall–Kier alpha value is -3.40. The van der Waals surface area contributed by atoms with Crippen molar-refractivity contribution < 1.29 is 19.1 Å². The minimum atomic E-state index is -0.500. The van der Waals surface area contributed by atoms with Crippen LogP contribution in [0, 0.1) is 13.8 Å². The van der Waals surface area contributed by atoms with E-state index in [0.29, 0.717) is 11.1 Å². The monoisotopic (exact) mass is 412 g/mol. The molecule has 2 aliphatic rings. The van der Waals surface area contributed by atoms with E-state index in [9.17, 15) is 9.59 Å². The van der Waals surface area contributed by atoms with Gasteiger partial charge in [0.1, 0.15) is 12.2 Å². The molecular formula is C27H24O4. The summed E-state index contributed by atoms with van der Waals surface area (Å²) in [5, 5.41) is 0. The number of rotatable bonds is 4. The lowest BCUT2D eigenvalue weighted by molar-refractivity contribution is -0.0349. The Bertz CT molecular complexity index is 1070.